The van der Waals surface area contributed by atoms with Crippen molar-refractivity contribution in [1.82, 2.24) is 0 Å². The van der Waals surface area contributed by atoms with Crippen LogP contribution in [0.5, 0.6) is 0 Å². The second-order valence-electron chi connectivity index (χ2n) is 6.28. The Bertz CT molecular complexity index is 421. The van der Waals surface area contributed by atoms with Gasteiger partial charge < -0.3 is 11.1 Å². The minimum atomic E-state index is 0.427. The van der Waals surface area contributed by atoms with E-state index in [4.69, 9.17) is 5.73 Å². The van der Waals surface area contributed by atoms with E-state index in [0.717, 1.165) is 18.1 Å². The normalized spacial score (nSPS) is 27.6. The average molecular weight is 290 g/mol. The van der Waals surface area contributed by atoms with Crippen molar-refractivity contribution in [2.45, 2.75) is 73.6 Å². The minimum absolute atomic E-state index is 0.427. The van der Waals surface area contributed by atoms with Crippen LogP contribution >= 0.6 is 11.8 Å². The van der Waals surface area contributed by atoms with Crippen molar-refractivity contribution in [3.63, 3.8) is 0 Å². The number of benzene rings is 1. The van der Waals surface area contributed by atoms with Crippen molar-refractivity contribution in [2.24, 2.45) is 5.73 Å². The van der Waals surface area contributed by atoms with Gasteiger partial charge in [-0.1, -0.05) is 25.0 Å². The highest BCUT2D eigenvalue weighted by atomic mass is 32.2. The van der Waals surface area contributed by atoms with Gasteiger partial charge in [0.2, 0.25) is 0 Å². The quantitative estimate of drug-likeness (QED) is 0.863. The van der Waals surface area contributed by atoms with Crippen LogP contribution in [0, 0.1) is 0 Å². The second kappa shape index (κ2) is 6.86. The minimum Gasteiger partial charge on any atom is -0.381 e. The van der Waals surface area contributed by atoms with Gasteiger partial charge in [0.15, 0.2) is 0 Å². The predicted octanol–water partition coefficient (Wildman–Crippen LogP) is 4.40. The first kappa shape index (κ1) is 14.3. The van der Waals surface area contributed by atoms with Crippen LogP contribution in [-0.2, 0) is 0 Å². The summed E-state index contributed by atoms with van der Waals surface area (Å²) < 4.78 is 0. The van der Waals surface area contributed by atoms with E-state index in [1.807, 2.05) is 0 Å². The summed E-state index contributed by atoms with van der Waals surface area (Å²) in [5.74, 6) is 0. The number of nitrogens with two attached hydrogens (primary N) is 1. The Labute approximate surface area is 126 Å². The van der Waals surface area contributed by atoms with E-state index in [0.29, 0.717) is 12.1 Å². The molecular weight excluding hydrogens is 264 g/mol. The monoisotopic (exact) mass is 290 g/mol. The molecule has 1 aromatic carbocycles. The maximum atomic E-state index is 6.00. The smallest absolute Gasteiger partial charge is 0.0480 e. The Balaban J connectivity index is 1.63. The Morgan fingerprint density at radius 2 is 1.65 bits per heavy atom. The van der Waals surface area contributed by atoms with E-state index in [1.165, 1.54) is 49.1 Å². The molecule has 2 aliphatic rings. The summed E-state index contributed by atoms with van der Waals surface area (Å²) in [6, 6.07) is 9.87. The zero-order chi connectivity index (χ0) is 13.8. The molecule has 0 amide bonds. The van der Waals surface area contributed by atoms with Crippen LogP contribution in [0.3, 0.4) is 0 Å². The van der Waals surface area contributed by atoms with Crippen LogP contribution in [0.2, 0.25) is 0 Å². The Morgan fingerprint density at radius 3 is 2.40 bits per heavy atom. The summed E-state index contributed by atoms with van der Waals surface area (Å²) in [5, 5.41) is 4.60. The van der Waals surface area contributed by atoms with Crippen LogP contribution < -0.4 is 11.1 Å². The molecule has 3 N–H and O–H groups in total. The lowest BCUT2D eigenvalue weighted by Gasteiger charge is -2.28. The molecule has 3 rings (SSSR count). The third-order valence-corrected chi connectivity index (χ3v) is 6.03. The van der Waals surface area contributed by atoms with Gasteiger partial charge in [-0.15, -0.1) is 11.8 Å². The first-order chi connectivity index (χ1) is 9.81. The lowest BCUT2D eigenvalue weighted by Crippen LogP contribution is -2.32. The van der Waals surface area contributed by atoms with E-state index < -0.39 is 0 Å². The fourth-order valence-electron chi connectivity index (χ4n) is 3.36. The molecule has 3 heteroatoms. The molecule has 0 unspecified atom stereocenters. The van der Waals surface area contributed by atoms with E-state index in [9.17, 15) is 0 Å². The molecule has 2 fully saturated rings. The van der Waals surface area contributed by atoms with E-state index in [1.54, 1.807) is 0 Å². The third kappa shape index (κ3) is 3.70. The van der Waals surface area contributed by atoms with Gasteiger partial charge in [0.25, 0.3) is 0 Å². The fraction of sp³-hybridized carbons (Fsp3) is 0.647. The van der Waals surface area contributed by atoms with Crippen molar-refractivity contribution in [2.75, 3.05) is 5.32 Å². The van der Waals surface area contributed by atoms with Crippen molar-refractivity contribution in [3.05, 3.63) is 24.3 Å². The van der Waals surface area contributed by atoms with Crippen LogP contribution in [0.25, 0.3) is 0 Å². The van der Waals surface area contributed by atoms with Crippen molar-refractivity contribution in [3.8, 4) is 0 Å². The predicted molar refractivity (Wildman–Crippen MR) is 88.4 cm³/mol. The zero-order valence-electron chi connectivity index (χ0n) is 12.2. The SMILES string of the molecule is NC1CCC(Nc2ccccc2SC2CCCC2)CC1. The largest absolute Gasteiger partial charge is 0.381 e. The molecule has 0 aromatic heterocycles. The first-order valence-corrected chi connectivity index (χ1v) is 8.97. The van der Waals surface area contributed by atoms with E-state index in [2.05, 4.69) is 41.3 Å². The highest BCUT2D eigenvalue weighted by Crippen LogP contribution is 2.38. The summed E-state index contributed by atoms with van der Waals surface area (Å²) >= 11 is 2.08. The molecule has 0 spiro atoms. The van der Waals surface area contributed by atoms with Crippen LogP contribution in [0.1, 0.15) is 51.4 Å². The summed E-state index contributed by atoms with van der Waals surface area (Å²) in [6.07, 6.45) is 10.3. The van der Waals surface area contributed by atoms with Crippen LogP contribution in [-0.4, -0.2) is 17.3 Å². The maximum absolute atomic E-state index is 6.00. The van der Waals surface area contributed by atoms with Gasteiger partial charge in [-0.2, -0.15) is 0 Å². The number of anilines is 1. The number of nitrogens with one attached hydrogen (secondary N) is 1. The highest BCUT2D eigenvalue weighted by molar-refractivity contribution is 8.00. The topological polar surface area (TPSA) is 38.0 Å². The Morgan fingerprint density at radius 1 is 0.950 bits per heavy atom. The molecule has 20 heavy (non-hydrogen) atoms. The lowest BCUT2D eigenvalue weighted by molar-refractivity contribution is 0.411. The highest BCUT2D eigenvalue weighted by Gasteiger charge is 2.21. The first-order valence-electron chi connectivity index (χ1n) is 8.09. The summed E-state index contributed by atoms with van der Waals surface area (Å²) in [6.45, 7) is 0. The molecule has 110 valence electrons. The van der Waals surface area contributed by atoms with Gasteiger partial charge in [-0.25, -0.2) is 0 Å². The number of hydrogen-bond acceptors (Lipinski definition) is 3. The van der Waals surface area contributed by atoms with Crippen molar-refractivity contribution < 1.29 is 0 Å². The molecule has 0 saturated heterocycles. The van der Waals surface area contributed by atoms with E-state index in [-0.39, 0.29) is 0 Å². The lowest BCUT2D eigenvalue weighted by atomic mass is 9.92. The zero-order valence-corrected chi connectivity index (χ0v) is 13.0. The summed E-state index contributed by atoms with van der Waals surface area (Å²) in [4.78, 5) is 1.44. The van der Waals surface area contributed by atoms with Crippen molar-refractivity contribution >= 4 is 17.4 Å². The summed E-state index contributed by atoms with van der Waals surface area (Å²) in [5.41, 5.74) is 7.34. The molecule has 2 saturated carbocycles. The molecular formula is C17H26N2S. The second-order valence-corrected chi connectivity index (χ2v) is 7.62. The number of hydrogen-bond donors (Lipinski definition) is 2. The molecule has 0 heterocycles. The van der Waals surface area contributed by atoms with Gasteiger partial charge in [-0.3, -0.25) is 0 Å². The molecule has 2 aliphatic carbocycles. The third-order valence-electron chi connectivity index (χ3n) is 4.61. The Kier molecular flexibility index (Phi) is 4.90. The summed E-state index contributed by atoms with van der Waals surface area (Å²) in [7, 11) is 0. The van der Waals surface area contributed by atoms with Crippen molar-refractivity contribution in [1.29, 1.82) is 0 Å². The average Bonchev–Trinajstić information content (AvgIpc) is 2.96. The Hall–Kier alpha value is -0.670. The van der Waals surface area contributed by atoms with Gasteiger partial charge in [0, 0.05) is 27.9 Å². The standard InChI is InChI=1S/C17H26N2S/c18-13-9-11-14(12-10-13)19-16-7-3-4-8-17(16)20-15-5-1-2-6-15/h3-4,7-8,13-15,19H,1-2,5-6,9-12,18H2. The molecule has 0 atom stereocenters. The van der Waals surface area contributed by atoms with Crippen LogP contribution in [0.4, 0.5) is 5.69 Å². The molecule has 0 radical (unpaired) electrons. The number of rotatable bonds is 4. The molecule has 1 aromatic rings. The number of thioether (sulfide) groups is 1. The molecule has 0 bridgehead atoms. The number of para-hydroxylation sites is 1. The van der Waals surface area contributed by atoms with Crippen LogP contribution in [0.15, 0.2) is 29.2 Å². The molecule has 2 nitrogen and oxygen atoms in total. The van der Waals surface area contributed by atoms with Gasteiger partial charge in [0.05, 0.1) is 0 Å². The van der Waals surface area contributed by atoms with Gasteiger partial charge in [0.1, 0.15) is 0 Å². The fourth-order valence-corrected chi connectivity index (χ4v) is 4.70. The van der Waals surface area contributed by atoms with Gasteiger partial charge in [-0.05, 0) is 50.7 Å². The van der Waals surface area contributed by atoms with Gasteiger partial charge >= 0.3 is 0 Å². The maximum Gasteiger partial charge on any atom is 0.0480 e. The molecule has 0 aliphatic heterocycles. The van der Waals surface area contributed by atoms with E-state index >= 15 is 0 Å².